The van der Waals surface area contributed by atoms with Crippen LogP contribution in [0, 0.1) is 6.92 Å². The van der Waals surface area contributed by atoms with Crippen LogP contribution < -0.4 is 0 Å². The predicted molar refractivity (Wildman–Crippen MR) is 50.4 cm³/mol. The average Bonchev–Trinajstić information content (AvgIpc) is 2.29. The smallest absolute Gasteiger partial charge is 0.156 e. The van der Waals surface area contributed by atoms with E-state index in [0.29, 0.717) is 5.15 Å². The third kappa shape index (κ3) is 1.03. The molecule has 0 spiro atoms. The molecular weight excluding hydrogens is 241 g/mol. The number of rotatable bonds is 0. The summed E-state index contributed by atoms with van der Waals surface area (Å²) >= 11 is 9.25. The van der Waals surface area contributed by atoms with E-state index in [-0.39, 0.29) is 0 Å². The molecule has 2 rings (SSSR count). The van der Waals surface area contributed by atoms with Gasteiger partial charge in [0.05, 0.1) is 0 Å². The maximum Gasteiger partial charge on any atom is 0.156 e. The van der Waals surface area contributed by atoms with Crippen LogP contribution in [0.5, 0.6) is 0 Å². The van der Waals surface area contributed by atoms with Gasteiger partial charge in [0.15, 0.2) is 5.15 Å². The summed E-state index contributed by atoms with van der Waals surface area (Å²) in [7, 11) is 0. The molecular formula is C7H5BrClN3. The Balaban J connectivity index is 2.99. The molecule has 0 unspecified atom stereocenters. The minimum Gasteiger partial charge on any atom is -0.222 e. The standard InChI is InChI=1S/C7H5BrClN3/c1-4-2-5(8)12-6(4)7(9)10-3-11-12/h2-3H,1H3. The maximum atomic E-state index is 5.88. The minimum absolute atomic E-state index is 0.480. The van der Waals surface area contributed by atoms with Gasteiger partial charge in [-0.05, 0) is 34.5 Å². The molecule has 2 heterocycles. The molecule has 0 N–H and O–H groups in total. The van der Waals surface area contributed by atoms with Crippen molar-refractivity contribution in [1.82, 2.24) is 14.6 Å². The van der Waals surface area contributed by atoms with Crippen molar-refractivity contribution in [3.63, 3.8) is 0 Å². The van der Waals surface area contributed by atoms with E-state index in [0.717, 1.165) is 15.7 Å². The Bertz CT molecular complexity index is 437. The largest absolute Gasteiger partial charge is 0.222 e. The first-order valence-electron chi connectivity index (χ1n) is 3.34. The van der Waals surface area contributed by atoms with E-state index in [1.165, 1.54) is 6.33 Å². The Kier molecular flexibility index (Phi) is 1.81. The molecule has 0 aliphatic carbocycles. The summed E-state index contributed by atoms with van der Waals surface area (Å²) in [5.41, 5.74) is 1.92. The quantitative estimate of drug-likeness (QED) is 0.715. The Morgan fingerprint density at radius 3 is 3.00 bits per heavy atom. The molecule has 0 saturated heterocycles. The number of hydrogen-bond acceptors (Lipinski definition) is 2. The van der Waals surface area contributed by atoms with Gasteiger partial charge in [-0.15, -0.1) is 0 Å². The number of hydrogen-bond donors (Lipinski definition) is 0. The fraction of sp³-hybridized carbons (Fsp3) is 0.143. The summed E-state index contributed by atoms with van der Waals surface area (Å²) in [6, 6.07) is 1.95. The first-order chi connectivity index (χ1) is 5.70. The summed E-state index contributed by atoms with van der Waals surface area (Å²) in [4.78, 5) is 3.89. The van der Waals surface area contributed by atoms with Crippen molar-refractivity contribution in [1.29, 1.82) is 0 Å². The van der Waals surface area contributed by atoms with Gasteiger partial charge in [0, 0.05) is 0 Å². The maximum absolute atomic E-state index is 5.88. The normalized spacial score (nSPS) is 10.9. The highest BCUT2D eigenvalue weighted by Crippen LogP contribution is 2.23. The monoisotopic (exact) mass is 245 g/mol. The molecule has 2 aromatic heterocycles. The topological polar surface area (TPSA) is 30.2 Å². The SMILES string of the molecule is Cc1cc(Br)n2ncnc(Cl)c12. The van der Waals surface area contributed by atoms with Crippen LogP contribution >= 0.6 is 27.5 Å². The third-order valence-corrected chi connectivity index (χ3v) is 2.50. The zero-order chi connectivity index (χ0) is 8.72. The Morgan fingerprint density at radius 2 is 2.33 bits per heavy atom. The summed E-state index contributed by atoms with van der Waals surface area (Å²) < 4.78 is 2.60. The first-order valence-corrected chi connectivity index (χ1v) is 4.51. The van der Waals surface area contributed by atoms with Crippen molar-refractivity contribution in [2.75, 3.05) is 0 Å². The summed E-state index contributed by atoms with van der Waals surface area (Å²) in [5, 5.41) is 4.52. The molecule has 62 valence electrons. The minimum atomic E-state index is 0.480. The lowest BCUT2D eigenvalue weighted by molar-refractivity contribution is 0.884. The number of halogens is 2. The molecule has 3 nitrogen and oxygen atoms in total. The van der Waals surface area contributed by atoms with E-state index in [2.05, 4.69) is 26.0 Å². The van der Waals surface area contributed by atoms with Gasteiger partial charge in [-0.1, -0.05) is 11.6 Å². The van der Waals surface area contributed by atoms with Crippen LogP contribution in [-0.4, -0.2) is 14.6 Å². The predicted octanol–water partition coefficient (Wildman–Crippen LogP) is 2.45. The van der Waals surface area contributed by atoms with E-state index in [1.807, 2.05) is 13.0 Å². The van der Waals surface area contributed by atoms with Gasteiger partial charge in [0.25, 0.3) is 0 Å². The Morgan fingerprint density at radius 1 is 1.58 bits per heavy atom. The fourth-order valence-electron chi connectivity index (χ4n) is 1.13. The molecule has 0 saturated carbocycles. The lowest BCUT2D eigenvalue weighted by atomic mass is 10.3. The highest BCUT2D eigenvalue weighted by molar-refractivity contribution is 9.10. The second-order valence-corrected chi connectivity index (χ2v) is 3.63. The Labute approximate surface area is 82.5 Å². The van der Waals surface area contributed by atoms with Crippen molar-refractivity contribution in [2.45, 2.75) is 6.92 Å². The van der Waals surface area contributed by atoms with E-state index in [9.17, 15) is 0 Å². The van der Waals surface area contributed by atoms with Gasteiger partial charge in [-0.2, -0.15) is 5.10 Å². The van der Waals surface area contributed by atoms with Crippen LogP contribution in [0.25, 0.3) is 5.52 Å². The van der Waals surface area contributed by atoms with E-state index >= 15 is 0 Å². The third-order valence-electron chi connectivity index (χ3n) is 1.66. The molecule has 5 heteroatoms. The number of fused-ring (bicyclic) bond motifs is 1. The molecule has 0 bridgehead atoms. The van der Waals surface area contributed by atoms with Crippen molar-refractivity contribution in [2.24, 2.45) is 0 Å². The van der Waals surface area contributed by atoms with Crippen molar-refractivity contribution in [3.05, 3.63) is 27.7 Å². The molecule has 0 atom stereocenters. The number of aryl methyl sites for hydroxylation is 1. The van der Waals surface area contributed by atoms with Crippen molar-refractivity contribution >= 4 is 33.0 Å². The van der Waals surface area contributed by atoms with E-state index in [4.69, 9.17) is 11.6 Å². The van der Waals surface area contributed by atoms with Crippen LogP contribution in [0.15, 0.2) is 17.0 Å². The first kappa shape index (κ1) is 8.01. The Hall–Kier alpha value is -0.610. The van der Waals surface area contributed by atoms with Crippen LogP contribution in [0.4, 0.5) is 0 Å². The second-order valence-electron chi connectivity index (χ2n) is 2.46. The van der Waals surface area contributed by atoms with Crippen LogP contribution in [0.1, 0.15) is 5.56 Å². The van der Waals surface area contributed by atoms with E-state index in [1.54, 1.807) is 4.52 Å². The zero-order valence-corrected chi connectivity index (χ0v) is 8.59. The molecule has 0 aromatic carbocycles. The van der Waals surface area contributed by atoms with Gasteiger partial charge >= 0.3 is 0 Å². The molecule has 2 aromatic rings. The van der Waals surface area contributed by atoms with Gasteiger partial charge in [0.2, 0.25) is 0 Å². The van der Waals surface area contributed by atoms with Crippen LogP contribution in [-0.2, 0) is 0 Å². The molecule has 0 aliphatic rings. The zero-order valence-electron chi connectivity index (χ0n) is 6.25. The fourth-order valence-corrected chi connectivity index (χ4v) is 2.02. The van der Waals surface area contributed by atoms with Crippen LogP contribution in [0.3, 0.4) is 0 Å². The summed E-state index contributed by atoms with van der Waals surface area (Å²) in [5.74, 6) is 0. The highest BCUT2D eigenvalue weighted by atomic mass is 79.9. The average molecular weight is 246 g/mol. The van der Waals surface area contributed by atoms with Crippen LogP contribution in [0.2, 0.25) is 5.15 Å². The summed E-state index contributed by atoms with van der Waals surface area (Å²) in [6.45, 7) is 1.97. The molecule has 12 heavy (non-hydrogen) atoms. The van der Waals surface area contributed by atoms with E-state index < -0.39 is 0 Å². The molecule has 0 amide bonds. The second kappa shape index (κ2) is 2.71. The lowest BCUT2D eigenvalue weighted by Gasteiger charge is -1.95. The van der Waals surface area contributed by atoms with Gasteiger partial charge in [-0.3, -0.25) is 0 Å². The van der Waals surface area contributed by atoms with Gasteiger partial charge < -0.3 is 0 Å². The molecule has 0 fully saturated rings. The number of aromatic nitrogens is 3. The molecule has 0 radical (unpaired) electrons. The van der Waals surface area contributed by atoms with Gasteiger partial charge in [0.1, 0.15) is 16.4 Å². The van der Waals surface area contributed by atoms with Gasteiger partial charge in [-0.25, -0.2) is 9.50 Å². The number of nitrogens with zero attached hydrogens (tertiary/aromatic N) is 3. The van der Waals surface area contributed by atoms with Crippen molar-refractivity contribution < 1.29 is 0 Å². The molecule has 0 aliphatic heterocycles. The van der Waals surface area contributed by atoms with Crippen molar-refractivity contribution in [3.8, 4) is 0 Å². The summed E-state index contributed by atoms with van der Waals surface area (Å²) in [6.07, 6.45) is 1.43. The lowest BCUT2D eigenvalue weighted by Crippen LogP contribution is -1.93. The highest BCUT2D eigenvalue weighted by Gasteiger charge is 2.07.